The molecular formula is C10H7ClO3. The Balaban J connectivity index is 2.64. The largest absolute Gasteiger partial charge is 0.465 e. The Kier molecular flexibility index (Phi) is 2.17. The van der Waals surface area contributed by atoms with Crippen LogP contribution in [0.3, 0.4) is 0 Å². The second-order valence-electron chi connectivity index (χ2n) is 2.78. The quantitative estimate of drug-likeness (QED) is 0.680. The minimum atomic E-state index is -0.426. The highest BCUT2D eigenvalue weighted by atomic mass is 35.5. The van der Waals surface area contributed by atoms with Crippen molar-refractivity contribution in [2.75, 3.05) is 7.11 Å². The number of carbonyl (C=O) groups excluding carboxylic acids is 1. The summed E-state index contributed by atoms with van der Waals surface area (Å²) >= 11 is 5.94. The van der Waals surface area contributed by atoms with Gasteiger partial charge in [0.1, 0.15) is 5.58 Å². The van der Waals surface area contributed by atoms with Gasteiger partial charge in [-0.3, -0.25) is 0 Å². The van der Waals surface area contributed by atoms with Crippen LogP contribution in [-0.2, 0) is 4.74 Å². The molecule has 1 aromatic carbocycles. The summed E-state index contributed by atoms with van der Waals surface area (Å²) in [6.07, 6.45) is 1.53. The Morgan fingerprint density at radius 1 is 1.50 bits per heavy atom. The smallest absolute Gasteiger partial charge is 0.338 e. The second-order valence-corrected chi connectivity index (χ2v) is 3.19. The van der Waals surface area contributed by atoms with Crippen molar-refractivity contribution in [1.82, 2.24) is 0 Å². The van der Waals surface area contributed by atoms with E-state index in [9.17, 15) is 4.79 Å². The standard InChI is InChI=1S/C10H7ClO3/c1-13-10(12)6-4-8(11)7-2-3-14-9(7)5-6/h2-5H,1H3. The van der Waals surface area contributed by atoms with Gasteiger partial charge in [-0.05, 0) is 18.2 Å². The number of ether oxygens (including phenoxy) is 1. The van der Waals surface area contributed by atoms with Gasteiger partial charge in [0.2, 0.25) is 0 Å². The first kappa shape index (κ1) is 9.09. The van der Waals surface area contributed by atoms with E-state index in [1.165, 1.54) is 13.4 Å². The molecule has 0 fully saturated rings. The number of methoxy groups -OCH3 is 1. The van der Waals surface area contributed by atoms with E-state index < -0.39 is 5.97 Å². The van der Waals surface area contributed by atoms with Crippen LogP contribution in [0, 0.1) is 0 Å². The van der Waals surface area contributed by atoms with Crippen LogP contribution in [0.15, 0.2) is 28.9 Å². The maximum atomic E-state index is 11.2. The van der Waals surface area contributed by atoms with Crippen molar-refractivity contribution < 1.29 is 13.9 Å². The highest BCUT2D eigenvalue weighted by molar-refractivity contribution is 6.35. The van der Waals surface area contributed by atoms with Crippen LogP contribution in [0.2, 0.25) is 5.02 Å². The topological polar surface area (TPSA) is 39.4 Å². The van der Waals surface area contributed by atoms with Crippen molar-refractivity contribution in [2.45, 2.75) is 0 Å². The Labute approximate surface area is 85.2 Å². The molecule has 2 aromatic rings. The number of hydrogen-bond donors (Lipinski definition) is 0. The van der Waals surface area contributed by atoms with E-state index in [2.05, 4.69) is 4.74 Å². The Hall–Kier alpha value is -1.48. The van der Waals surface area contributed by atoms with Gasteiger partial charge < -0.3 is 9.15 Å². The zero-order valence-corrected chi connectivity index (χ0v) is 8.17. The number of esters is 1. The summed E-state index contributed by atoms with van der Waals surface area (Å²) < 4.78 is 9.72. The first-order valence-electron chi connectivity index (χ1n) is 3.97. The zero-order valence-electron chi connectivity index (χ0n) is 7.41. The van der Waals surface area contributed by atoms with Crippen LogP contribution in [0.1, 0.15) is 10.4 Å². The molecule has 72 valence electrons. The van der Waals surface area contributed by atoms with E-state index in [0.29, 0.717) is 16.2 Å². The van der Waals surface area contributed by atoms with Crippen molar-refractivity contribution >= 4 is 28.5 Å². The van der Waals surface area contributed by atoms with Crippen molar-refractivity contribution in [3.05, 3.63) is 35.0 Å². The highest BCUT2D eigenvalue weighted by Gasteiger charge is 2.10. The molecule has 3 nitrogen and oxygen atoms in total. The molecular weight excluding hydrogens is 204 g/mol. The molecule has 2 rings (SSSR count). The SMILES string of the molecule is COC(=O)c1cc(Cl)c2ccoc2c1. The molecule has 0 saturated heterocycles. The molecule has 0 unspecified atom stereocenters. The van der Waals surface area contributed by atoms with Crippen LogP contribution < -0.4 is 0 Å². The number of furan rings is 1. The lowest BCUT2D eigenvalue weighted by molar-refractivity contribution is 0.0601. The fourth-order valence-electron chi connectivity index (χ4n) is 1.26. The molecule has 0 bridgehead atoms. The van der Waals surface area contributed by atoms with Crippen molar-refractivity contribution in [3.8, 4) is 0 Å². The Bertz CT molecular complexity index is 487. The normalized spacial score (nSPS) is 10.4. The number of hydrogen-bond acceptors (Lipinski definition) is 3. The van der Waals surface area contributed by atoms with Gasteiger partial charge in [0.25, 0.3) is 0 Å². The summed E-state index contributed by atoms with van der Waals surface area (Å²) in [4.78, 5) is 11.2. The van der Waals surface area contributed by atoms with Gasteiger partial charge in [-0.2, -0.15) is 0 Å². The summed E-state index contributed by atoms with van der Waals surface area (Å²) in [5.41, 5.74) is 0.970. The van der Waals surface area contributed by atoms with Crippen LogP contribution in [-0.4, -0.2) is 13.1 Å². The van der Waals surface area contributed by atoms with Crippen LogP contribution in [0.4, 0.5) is 0 Å². The second kappa shape index (κ2) is 3.35. The molecule has 0 aliphatic carbocycles. The Morgan fingerprint density at radius 2 is 2.29 bits per heavy atom. The number of benzene rings is 1. The van der Waals surface area contributed by atoms with E-state index in [-0.39, 0.29) is 0 Å². The first-order valence-corrected chi connectivity index (χ1v) is 4.35. The predicted molar refractivity (Wildman–Crippen MR) is 52.6 cm³/mol. The van der Waals surface area contributed by atoms with Crippen molar-refractivity contribution in [2.24, 2.45) is 0 Å². The summed E-state index contributed by atoms with van der Waals surface area (Å²) in [7, 11) is 1.32. The third-order valence-corrected chi connectivity index (χ3v) is 2.26. The molecule has 0 spiro atoms. The molecule has 0 radical (unpaired) electrons. The lowest BCUT2D eigenvalue weighted by Crippen LogP contribution is -2.00. The van der Waals surface area contributed by atoms with Crippen LogP contribution >= 0.6 is 11.6 Å². The van der Waals surface area contributed by atoms with Gasteiger partial charge >= 0.3 is 5.97 Å². The molecule has 1 aromatic heterocycles. The molecule has 1 heterocycles. The lowest BCUT2D eigenvalue weighted by Gasteiger charge is -1.99. The van der Waals surface area contributed by atoms with Crippen molar-refractivity contribution in [3.63, 3.8) is 0 Å². The van der Waals surface area contributed by atoms with E-state index in [0.717, 1.165) is 5.39 Å². The lowest BCUT2D eigenvalue weighted by atomic mass is 10.2. The average molecular weight is 211 g/mol. The molecule has 4 heteroatoms. The maximum absolute atomic E-state index is 11.2. The van der Waals surface area contributed by atoms with Gasteiger partial charge in [-0.25, -0.2) is 4.79 Å². The molecule has 0 saturated carbocycles. The predicted octanol–water partition coefficient (Wildman–Crippen LogP) is 2.87. The van der Waals surface area contributed by atoms with Crippen molar-refractivity contribution in [1.29, 1.82) is 0 Å². The van der Waals surface area contributed by atoms with E-state index >= 15 is 0 Å². The summed E-state index contributed by atoms with van der Waals surface area (Å²) in [6, 6.07) is 4.91. The molecule has 14 heavy (non-hydrogen) atoms. The molecule has 0 amide bonds. The molecule has 0 N–H and O–H groups in total. The molecule has 0 atom stereocenters. The minimum Gasteiger partial charge on any atom is -0.465 e. The number of carbonyl (C=O) groups is 1. The van der Waals surface area contributed by atoms with Gasteiger partial charge in [-0.15, -0.1) is 0 Å². The van der Waals surface area contributed by atoms with Crippen LogP contribution in [0.5, 0.6) is 0 Å². The third-order valence-electron chi connectivity index (χ3n) is 1.94. The third kappa shape index (κ3) is 1.36. The summed E-state index contributed by atoms with van der Waals surface area (Å²) in [6.45, 7) is 0. The molecule has 0 aliphatic heterocycles. The van der Waals surface area contributed by atoms with Gasteiger partial charge in [-0.1, -0.05) is 11.6 Å². The number of rotatable bonds is 1. The summed E-state index contributed by atoms with van der Waals surface area (Å²) in [5, 5.41) is 1.27. The fraction of sp³-hybridized carbons (Fsp3) is 0.100. The van der Waals surface area contributed by atoms with E-state index in [1.807, 2.05) is 0 Å². The van der Waals surface area contributed by atoms with Gasteiger partial charge in [0, 0.05) is 5.39 Å². The van der Waals surface area contributed by atoms with E-state index in [1.54, 1.807) is 18.2 Å². The number of fused-ring (bicyclic) bond motifs is 1. The first-order chi connectivity index (χ1) is 6.72. The van der Waals surface area contributed by atoms with Gasteiger partial charge in [0.15, 0.2) is 0 Å². The monoisotopic (exact) mass is 210 g/mol. The fourth-order valence-corrected chi connectivity index (χ4v) is 1.54. The Morgan fingerprint density at radius 3 is 3.00 bits per heavy atom. The molecule has 0 aliphatic rings. The van der Waals surface area contributed by atoms with Gasteiger partial charge in [0.05, 0.1) is 24.0 Å². The number of halogens is 1. The van der Waals surface area contributed by atoms with Crippen LogP contribution in [0.25, 0.3) is 11.0 Å². The average Bonchev–Trinajstić information content (AvgIpc) is 2.64. The highest BCUT2D eigenvalue weighted by Crippen LogP contribution is 2.26. The maximum Gasteiger partial charge on any atom is 0.338 e. The van der Waals surface area contributed by atoms with E-state index in [4.69, 9.17) is 16.0 Å². The zero-order chi connectivity index (χ0) is 10.1. The minimum absolute atomic E-state index is 0.389. The summed E-state index contributed by atoms with van der Waals surface area (Å²) in [5.74, 6) is -0.426.